The van der Waals surface area contributed by atoms with Crippen LogP contribution in [0.2, 0.25) is 0 Å². The fraction of sp³-hybridized carbons (Fsp3) is 0.625. The number of piperazine rings is 1. The maximum Gasteiger partial charge on any atom is 0.0361 e. The van der Waals surface area contributed by atoms with Gasteiger partial charge in [0.1, 0.15) is 0 Å². The summed E-state index contributed by atoms with van der Waals surface area (Å²) in [4.78, 5) is 4.73. The van der Waals surface area contributed by atoms with Crippen LogP contribution in [0.25, 0.3) is 0 Å². The Morgan fingerprint density at radius 2 is 1.79 bits per heavy atom. The van der Waals surface area contributed by atoms with Gasteiger partial charge in [-0.2, -0.15) is 0 Å². The Labute approximate surface area is 117 Å². The van der Waals surface area contributed by atoms with Gasteiger partial charge in [-0.05, 0) is 30.0 Å². The summed E-state index contributed by atoms with van der Waals surface area (Å²) < 4.78 is 0. The summed E-state index contributed by atoms with van der Waals surface area (Å²) in [6.45, 7) is 8.27. The van der Waals surface area contributed by atoms with Crippen molar-refractivity contribution in [2.45, 2.75) is 13.3 Å². The van der Waals surface area contributed by atoms with Gasteiger partial charge in [0.2, 0.25) is 0 Å². The van der Waals surface area contributed by atoms with Crippen molar-refractivity contribution >= 4 is 5.69 Å². The van der Waals surface area contributed by atoms with Crippen molar-refractivity contribution < 1.29 is 0 Å². The molecule has 0 saturated carbocycles. The summed E-state index contributed by atoms with van der Waals surface area (Å²) in [5, 5.41) is 3.41. The molecule has 19 heavy (non-hydrogen) atoms. The van der Waals surface area contributed by atoms with Gasteiger partial charge < -0.3 is 15.1 Å². The van der Waals surface area contributed by atoms with E-state index in [1.54, 1.807) is 0 Å². The van der Waals surface area contributed by atoms with Crippen molar-refractivity contribution in [1.82, 2.24) is 10.2 Å². The van der Waals surface area contributed by atoms with Crippen molar-refractivity contribution in [2.75, 3.05) is 51.7 Å². The fourth-order valence-corrected chi connectivity index (χ4v) is 2.73. The van der Waals surface area contributed by atoms with E-state index in [0.717, 1.165) is 19.0 Å². The number of hydrogen-bond acceptors (Lipinski definition) is 3. The van der Waals surface area contributed by atoms with Crippen LogP contribution in [-0.2, 0) is 6.42 Å². The van der Waals surface area contributed by atoms with Crippen LogP contribution >= 0.6 is 0 Å². The molecule has 0 radical (unpaired) electrons. The predicted octanol–water partition coefficient (Wildman–Crippen LogP) is 1.84. The maximum atomic E-state index is 3.41. The zero-order valence-electron chi connectivity index (χ0n) is 12.5. The lowest BCUT2D eigenvalue weighted by atomic mass is 10.00. The van der Waals surface area contributed by atoms with Gasteiger partial charge >= 0.3 is 0 Å². The Kier molecular flexibility index (Phi) is 5.23. The molecule has 106 valence electrons. The molecule has 0 amide bonds. The lowest BCUT2D eigenvalue weighted by Gasteiger charge is -2.29. The van der Waals surface area contributed by atoms with Gasteiger partial charge in [0.15, 0.2) is 0 Å². The second kappa shape index (κ2) is 6.92. The largest absolute Gasteiger partial charge is 0.378 e. The van der Waals surface area contributed by atoms with Crippen molar-refractivity contribution in [3.8, 4) is 0 Å². The molecular formula is C16H27N3. The molecule has 1 fully saturated rings. The van der Waals surface area contributed by atoms with Crippen LogP contribution in [0.4, 0.5) is 5.69 Å². The second-order valence-corrected chi connectivity index (χ2v) is 5.92. The van der Waals surface area contributed by atoms with E-state index in [-0.39, 0.29) is 0 Å². The number of hydrogen-bond donors (Lipinski definition) is 1. The van der Waals surface area contributed by atoms with Crippen molar-refractivity contribution in [3.05, 3.63) is 29.8 Å². The highest BCUT2D eigenvalue weighted by Gasteiger charge is 2.13. The molecule has 1 heterocycles. The summed E-state index contributed by atoms with van der Waals surface area (Å²) in [6, 6.07) is 8.97. The van der Waals surface area contributed by atoms with E-state index < -0.39 is 0 Å². The third-order valence-electron chi connectivity index (χ3n) is 3.82. The number of rotatable bonds is 5. The molecule has 1 atom stereocenters. The number of benzene rings is 1. The molecule has 1 aromatic carbocycles. The average molecular weight is 261 g/mol. The van der Waals surface area contributed by atoms with Crippen molar-refractivity contribution in [3.63, 3.8) is 0 Å². The molecule has 0 aromatic heterocycles. The highest BCUT2D eigenvalue weighted by molar-refractivity contribution is 5.46. The Morgan fingerprint density at radius 3 is 2.37 bits per heavy atom. The molecule has 0 bridgehead atoms. The number of nitrogens with zero attached hydrogens (tertiary/aromatic N) is 2. The summed E-state index contributed by atoms with van der Waals surface area (Å²) in [5.74, 6) is 0.725. The predicted molar refractivity (Wildman–Crippen MR) is 82.9 cm³/mol. The molecule has 3 heteroatoms. The third kappa shape index (κ3) is 4.51. The van der Waals surface area contributed by atoms with E-state index in [2.05, 4.69) is 60.4 Å². The molecule has 1 aliphatic rings. The van der Waals surface area contributed by atoms with Gasteiger partial charge in [-0.3, -0.25) is 0 Å². The summed E-state index contributed by atoms with van der Waals surface area (Å²) >= 11 is 0. The monoisotopic (exact) mass is 261 g/mol. The van der Waals surface area contributed by atoms with Crippen LogP contribution in [0.3, 0.4) is 0 Å². The Morgan fingerprint density at radius 1 is 1.16 bits per heavy atom. The average Bonchev–Trinajstić information content (AvgIpc) is 2.40. The van der Waals surface area contributed by atoms with Crippen LogP contribution in [0.1, 0.15) is 12.5 Å². The van der Waals surface area contributed by atoms with Gasteiger partial charge in [0.25, 0.3) is 0 Å². The second-order valence-electron chi connectivity index (χ2n) is 5.92. The number of anilines is 1. The van der Waals surface area contributed by atoms with Gasteiger partial charge in [0.05, 0.1) is 0 Å². The summed E-state index contributed by atoms with van der Waals surface area (Å²) in [5.41, 5.74) is 2.73. The molecule has 1 aromatic rings. The highest BCUT2D eigenvalue weighted by atomic mass is 15.2. The van der Waals surface area contributed by atoms with E-state index in [4.69, 9.17) is 0 Å². The molecule has 1 aliphatic heterocycles. The van der Waals surface area contributed by atoms with Crippen molar-refractivity contribution in [1.29, 1.82) is 0 Å². The third-order valence-corrected chi connectivity index (χ3v) is 3.82. The molecule has 1 saturated heterocycles. The number of nitrogens with one attached hydrogen (secondary N) is 1. The molecule has 3 nitrogen and oxygen atoms in total. The fourth-order valence-electron chi connectivity index (χ4n) is 2.73. The molecule has 1 N–H and O–H groups in total. The normalized spacial score (nSPS) is 18.3. The first-order valence-corrected chi connectivity index (χ1v) is 7.34. The lowest BCUT2D eigenvalue weighted by Crippen LogP contribution is -2.45. The van der Waals surface area contributed by atoms with Gasteiger partial charge in [-0.25, -0.2) is 0 Å². The minimum Gasteiger partial charge on any atom is -0.378 e. The van der Waals surface area contributed by atoms with Gasteiger partial charge in [-0.1, -0.05) is 19.1 Å². The molecular weight excluding hydrogens is 234 g/mol. The summed E-state index contributed by atoms with van der Waals surface area (Å²) in [7, 11) is 4.17. The zero-order chi connectivity index (χ0) is 13.7. The topological polar surface area (TPSA) is 18.5 Å². The molecule has 0 spiro atoms. The Hall–Kier alpha value is -1.06. The molecule has 0 aliphatic carbocycles. The van der Waals surface area contributed by atoms with E-state index in [1.165, 1.54) is 37.3 Å². The minimum atomic E-state index is 0.725. The van der Waals surface area contributed by atoms with E-state index in [0.29, 0.717) is 0 Å². The first-order valence-electron chi connectivity index (χ1n) is 7.34. The zero-order valence-corrected chi connectivity index (χ0v) is 12.5. The van der Waals surface area contributed by atoms with Crippen LogP contribution in [0.15, 0.2) is 24.3 Å². The van der Waals surface area contributed by atoms with Crippen LogP contribution in [0, 0.1) is 5.92 Å². The van der Waals surface area contributed by atoms with Crippen LogP contribution in [-0.4, -0.2) is 51.7 Å². The van der Waals surface area contributed by atoms with Crippen molar-refractivity contribution in [2.24, 2.45) is 5.92 Å². The Balaban J connectivity index is 1.82. The first kappa shape index (κ1) is 14.4. The van der Waals surface area contributed by atoms with E-state index in [1.807, 2.05) is 0 Å². The van der Waals surface area contributed by atoms with E-state index in [9.17, 15) is 0 Å². The smallest absolute Gasteiger partial charge is 0.0361 e. The lowest BCUT2D eigenvalue weighted by molar-refractivity contribution is 0.211. The standard InChI is InChI=1S/C16H27N3/c1-14(13-19-10-8-17-9-11-19)12-15-4-6-16(7-5-15)18(2)3/h4-7,14,17H,8-13H2,1-3H3. The summed E-state index contributed by atoms with van der Waals surface area (Å²) in [6.07, 6.45) is 1.18. The molecule has 2 rings (SSSR count). The first-order chi connectivity index (χ1) is 9.15. The van der Waals surface area contributed by atoms with Gasteiger partial charge in [-0.15, -0.1) is 0 Å². The van der Waals surface area contributed by atoms with Crippen LogP contribution in [0.5, 0.6) is 0 Å². The maximum absolute atomic E-state index is 3.41. The van der Waals surface area contributed by atoms with Gasteiger partial charge in [0, 0.05) is 52.5 Å². The van der Waals surface area contributed by atoms with Crippen LogP contribution < -0.4 is 10.2 Å². The minimum absolute atomic E-state index is 0.725. The Bertz CT molecular complexity index is 366. The quantitative estimate of drug-likeness (QED) is 0.872. The SMILES string of the molecule is CC(Cc1ccc(N(C)C)cc1)CN1CCNCC1. The molecule has 1 unspecified atom stereocenters. The van der Waals surface area contributed by atoms with E-state index >= 15 is 0 Å². The highest BCUT2D eigenvalue weighted by Crippen LogP contribution is 2.15.